The number of hydrogen-bond acceptors (Lipinski definition) is 6. The molecule has 4 amide bonds. The minimum atomic E-state index is -1.22. The summed E-state index contributed by atoms with van der Waals surface area (Å²) in [6, 6.07) is -1.19. The minimum absolute atomic E-state index is 0.0758. The van der Waals surface area contributed by atoms with E-state index >= 15 is 0 Å². The van der Waals surface area contributed by atoms with Crippen molar-refractivity contribution in [3.63, 3.8) is 0 Å². The number of hydrogen-bond donors (Lipinski definition) is 3. The van der Waals surface area contributed by atoms with Gasteiger partial charge in [-0.2, -0.15) is 0 Å². The van der Waals surface area contributed by atoms with E-state index in [-0.39, 0.29) is 31.4 Å². The summed E-state index contributed by atoms with van der Waals surface area (Å²) < 4.78 is 0. The van der Waals surface area contributed by atoms with Crippen molar-refractivity contribution in [2.75, 3.05) is 13.2 Å². The number of imide groups is 1. The van der Waals surface area contributed by atoms with Gasteiger partial charge in [-0.25, -0.2) is 0 Å². The molecule has 0 aliphatic carbocycles. The van der Waals surface area contributed by atoms with Crippen molar-refractivity contribution in [3.8, 4) is 0 Å². The Morgan fingerprint density at radius 3 is 2.38 bits per heavy atom. The molecule has 0 spiro atoms. The van der Waals surface area contributed by atoms with Crippen LogP contribution in [-0.2, 0) is 24.0 Å². The molecule has 10 heteroatoms. The summed E-state index contributed by atoms with van der Waals surface area (Å²) >= 11 is 0. The Bertz CT molecular complexity index is 598. The SMILES string of the molecule is C=NCNC(=O)C(CC(=O)O)NC(=O)CCCCCN1C(=O)C=CC1=O. The second-order valence-electron chi connectivity index (χ2n) is 5.61. The number of carboxylic acids is 1. The quantitative estimate of drug-likeness (QED) is 0.234. The summed E-state index contributed by atoms with van der Waals surface area (Å²) in [5, 5.41) is 13.6. The molecule has 1 unspecified atom stereocenters. The van der Waals surface area contributed by atoms with Gasteiger partial charge < -0.3 is 15.7 Å². The van der Waals surface area contributed by atoms with Crippen LogP contribution in [0.4, 0.5) is 0 Å². The van der Waals surface area contributed by atoms with Crippen molar-refractivity contribution >= 4 is 36.3 Å². The number of carbonyl (C=O) groups excluding carboxylic acids is 4. The zero-order valence-corrected chi connectivity index (χ0v) is 14.3. The summed E-state index contributed by atoms with van der Waals surface area (Å²) in [6.45, 7) is 3.40. The first-order chi connectivity index (χ1) is 12.3. The van der Waals surface area contributed by atoms with Crippen molar-refractivity contribution in [1.29, 1.82) is 0 Å². The Morgan fingerprint density at radius 2 is 1.81 bits per heavy atom. The van der Waals surface area contributed by atoms with Gasteiger partial charge in [0.05, 0.1) is 6.42 Å². The van der Waals surface area contributed by atoms with Crippen LogP contribution in [0, 0.1) is 0 Å². The van der Waals surface area contributed by atoms with E-state index in [9.17, 15) is 24.0 Å². The van der Waals surface area contributed by atoms with Crippen molar-refractivity contribution in [3.05, 3.63) is 12.2 Å². The molecule has 0 radical (unpaired) electrons. The van der Waals surface area contributed by atoms with Crippen molar-refractivity contribution in [2.45, 2.75) is 38.1 Å². The van der Waals surface area contributed by atoms with Gasteiger partial charge in [-0.1, -0.05) is 6.42 Å². The third kappa shape index (κ3) is 7.24. The van der Waals surface area contributed by atoms with E-state index in [4.69, 9.17) is 5.11 Å². The third-order valence-corrected chi connectivity index (χ3v) is 3.58. The maximum atomic E-state index is 11.9. The van der Waals surface area contributed by atoms with Gasteiger partial charge in [0.2, 0.25) is 11.8 Å². The predicted octanol–water partition coefficient (Wildman–Crippen LogP) is -0.794. The number of nitrogens with one attached hydrogen (secondary N) is 2. The van der Waals surface area contributed by atoms with Crippen molar-refractivity contribution < 1.29 is 29.1 Å². The zero-order valence-electron chi connectivity index (χ0n) is 14.3. The molecule has 0 bridgehead atoms. The summed E-state index contributed by atoms with van der Waals surface area (Å²) in [5.74, 6) is -3.00. The Balaban J connectivity index is 2.30. The van der Waals surface area contributed by atoms with Gasteiger partial charge in [-0.15, -0.1) is 0 Å². The Labute approximate surface area is 150 Å². The number of amides is 4. The summed E-state index contributed by atoms with van der Waals surface area (Å²) in [7, 11) is 0. The van der Waals surface area contributed by atoms with Gasteiger partial charge in [0.1, 0.15) is 12.7 Å². The fourth-order valence-electron chi connectivity index (χ4n) is 2.29. The molecule has 1 atom stereocenters. The van der Waals surface area contributed by atoms with Crippen LogP contribution >= 0.6 is 0 Å². The molecule has 3 N–H and O–H groups in total. The van der Waals surface area contributed by atoms with E-state index in [2.05, 4.69) is 22.3 Å². The minimum Gasteiger partial charge on any atom is -0.481 e. The van der Waals surface area contributed by atoms with Crippen LogP contribution in [0.25, 0.3) is 0 Å². The van der Waals surface area contributed by atoms with E-state index in [1.54, 1.807) is 0 Å². The molecule has 1 aliphatic rings. The van der Waals surface area contributed by atoms with Crippen LogP contribution in [-0.4, -0.2) is 65.6 Å². The molecule has 26 heavy (non-hydrogen) atoms. The molecule has 0 saturated heterocycles. The molecule has 0 aromatic carbocycles. The predicted molar refractivity (Wildman–Crippen MR) is 91.1 cm³/mol. The first kappa shape index (κ1) is 21.0. The van der Waals surface area contributed by atoms with Gasteiger partial charge in [0.25, 0.3) is 11.8 Å². The Kier molecular flexibility index (Phi) is 8.68. The lowest BCUT2D eigenvalue weighted by atomic mass is 10.1. The van der Waals surface area contributed by atoms with Gasteiger partial charge in [0, 0.05) is 25.1 Å². The summed E-state index contributed by atoms with van der Waals surface area (Å²) in [6.07, 6.45) is 3.61. The number of aliphatic carboxylic acids is 1. The van der Waals surface area contributed by atoms with Gasteiger partial charge in [-0.3, -0.25) is 33.9 Å². The molecular weight excluding hydrogens is 344 g/mol. The first-order valence-corrected chi connectivity index (χ1v) is 8.10. The first-order valence-electron chi connectivity index (χ1n) is 8.10. The molecule has 0 saturated carbocycles. The van der Waals surface area contributed by atoms with Gasteiger partial charge >= 0.3 is 5.97 Å². The smallest absolute Gasteiger partial charge is 0.305 e. The monoisotopic (exact) mass is 366 g/mol. The van der Waals surface area contributed by atoms with Crippen LogP contribution in [0.1, 0.15) is 32.1 Å². The number of nitrogens with zero attached hydrogens (tertiary/aromatic N) is 2. The van der Waals surface area contributed by atoms with Crippen molar-refractivity contribution in [1.82, 2.24) is 15.5 Å². The van der Waals surface area contributed by atoms with Gasteiger partial charge in [-0.05, 0) is 19.6 Å². The molecule has 10 nitrogen and oxygen atoms in total. The van der Waals surface area contributed by atoms with Crippen LogP contribution in [0.3, 0.4) is 0 Å². The second kappa shape index (κ2) is 10.7. The molecule has 0 aromatic heterocycles. The fraction of sp³-hybridized carbons (Fsp3) is 0.500. The summed E-state index contributed by atoms with van der Waals surface area (Å²) in [5.41, 5.74) is 0. The molecule has 0 fully saturated rings. The Morgan fingerprint density at radius 1 is 1.15 bits per heavy atom. The standard InChI is InChI=1S/C16H22N4O6/c1-17-10-18-16(26)11(9-15(24)25)19-12(21)5-3-2-4-8-20-13(22)6-7-14(20)23/h6-7,11H,1-5,8-10H2,(H,18,26)(H,19,21)(H,24,25). The van der Waals surface area contributed by atoms with Crippen molar-refractivity contribution in [2.24, 2.45) is 4.99 Å². The number of rotatable bonds is 12. The molecule has 142 valence electrons. The lowest BCUT2D eigenvalue weighted by molar-refractivity contribution is -0.140. The molecule has 1 aliphatic heterocycles. The summed E-state index contributed by atoms with van der Waals surface area (Å²) in [4.78, 5) is 61.8. The topological polar surface area (TPSA) is 145 Å². The van der Waals surface area contributed by atoms with Crippen LogP contribution in [0.15, 0.2) is 17.1 Å². The van der Waals surface area contributed by atoms with E-state index in [1.807, 2.05) is 0 Å². The van der Waals surface area contributed by atoms with E-state index in [1.165, 1.54) is 12.2 Å². The average Bonchev–Trinajstić information content (AvgIpc) is 2.90. The fourth-order valence-corrected chi connectivity index (χ4v) is 2.29. The maximum absolute atomic E-state index is 11.9. The highest BCUT2D eigenvalue weighted by Gasteiger charge is 2.24. The molecular formula is C16H22N4O6. The largest absolute Gasteiger partial charge is 0.481 e. The highest BCUT2D eigenvalue weighted by molar-refractivity contribution is 6.12. The maximum Gasteiger partial charge on any atom is 0.305 e. The lowest BCUT2D eigenvalue weighted by Crippen LogP contribution is -2.47. The number of carbonyl (C=O) groups is 5. The van der Waals surface area contributed by atoms with Crippen LogP contribution in [0.2, 0.25) is 0 Å². The van der Waals surface area contributed by atoms with Gasteiger partial charge in [0.15, 0.2) is 0 Å². The van der Waals surface area contributed by atoms with E-state index in [0.29, 0.717) is 19.3 Å². The van der Waals surface area contributed by atoms with Crippen LogP contribution < -0.4 is 10.6 Å². The molecule has 0 aromatic rings. The number of aliphatic imine (C=N–C) groups is 1. The van der Waals surface area contributed by atoms with E-state index in [0.717, 1.165) is 4.90 Å². The zero-order chi connectivity index (χ0) is 19.5. The Hall–Kier alpha value is -3.04. The van der Waals surface area contributed by atoms with E-state index < -0.39 is 30.2 Å². The number of carboxylic acid groups (broad SMARTS) is 1. The molecule has 1 rings (SSSR count). The third-order valence-electron chi connectivity index (χ3n) is 3.58. The number of unbranched alkanes of at least 4 members (excludes halogenated alkanes) is 2. The van der Waals surface area contributed by atoms with Crippen LogP contribution in [0.5, 0.6) is 0 Å². The highest BCUT2D eigenvalue weighted by atomic mass is 16.4. The highest BCUT2D eigenvalue weighted by Crippen LogP contribution is 2.08. The normalized spacial score (nSPS) is 14.2. The average molecular weight is 366 g/mol. The molecule has 1 heterocycles. The lowest BCUT2D eigenvalue weighted by Gasteiger charge is -2.16. The second-order valence-corrected chi connectivity index (χ2v) is 5.61.